The van der Waals surface area contributed by atoms with Gasteiger partial charge in [0.25, 0.3) is 0 Å². The van der Waals surface area contributed by atoms with E-state index in [-0.39, 0.29) is 5.82 Å². The smallest absolute Gasteiger partial charge is 0.191 e. The number of aryl methyl sites for hydroxylation is 2. The normalized spacial score (nSPS) is 16.3. The summed E-state index contributed by atoms with van der Waals surface area (Å²) in [5, 5.41) is 18.6. The second kappa shape index (κ2) is 8.00. The molecular formula is C25H25FN8S. The summed E-state index contributed by atoms with van der Waals surface area (Å²) in [5.41, 5.74) is 5.34. The first-order valence-electron chi connectivity index (χ1n) is 11.7. The maximum absolute atomic E-state index is 13.4. The van der Waals surface area contributed by atoms with Crippen molar-refractivity contribution in [1.29, 1.82) is 5.26 Å². The topological polar surface area (TPSA) is 85.4 Å². The maximum Gasteiger partial charge on any atom is 0.191 e. The molecule has 6 rings (SSSR count). The van der Waals surface area contributed by atoms with Gasteiger partial charge in [0.1, 0.15) is 34.0 Å². The zero-order valence-electron chi connectivity index (χ0n) is 19.8. The minimum atomic E-state index is -0.322. The molecule has 1 aromatic carbocycles. The lowest BCUT2D eigenvalue weighted by Gasteiger charge is -2.56. The van der Waals surface area contributed by atoms with Crippen molar-refractivity contribution in [3.05, 3.63) is 52.4 Å². The van der Waals surface area contributed by atoms with E-state index in [4.69, 9.17) is 15.1 Å². The molecule has 2 saturated heterocycles. The fourth-order valence-electron chi connectivity index (χ4n) is 5.03. The van der Waals surface area contributed by atoms with E-state index in [1.54, 1.807) is 12.1 Å². The number of halogens is 1. The predicted molar refractivity (Wildman–Crippen MR) is 135 cm³/mol. The van der Waals surface area contributed by atoms with Crippen LogP contribution in [-0.2, 0) is 6.42 Å². The number of rotatable bonds is 5. The Kier molecular flexibility index (Phi) is 5.02. The summed E-state index contributed by atoms with van der Waals surface area (Å²) in [5.74, 6) is 0.675. The first-order chi connectivity index (χ1) is 16.9. The van der Waals surface area contributed by atoms with Crippen LogP contribution in [0.5, 0.6) is 0 Å². The van der Waals surface area contributed by atoms with Gasteiger partial charge in [-0.1, -0.05) is 18.3 Å². The number of hydrogen-bond acceptors (Lipinski definition) is 8. The van der Waals surface area contributed by atoms with Crippen molar-refractivity contribution < 1.29 is 4.39 Å². The number of anilines is 3. The predicted octanol–water partition coefficient (Wildman–Crippen LogP) is 3.91. The third-order valence-corrected chi connectivity index (χ3v) is 7.99. The lowest BCUT2D eigenvalue weighted by molar-refractivity contribution is 0.120. The third-order valence-electron chi connectivity index (χ3n) is 6.96. The molecule has 8 nitrogen and oxygen atoms in total. The largest absolute Gasteiger partial charge is 0.355 e. The SMILES string of the molecule is CCc1nn2cc(C)c(N3CC4(CNC4)C3)nc2c1N(C)c1nc(-c2ccc(F)cc2)c(C#N)s1. The van der Waals surface area contributed by atoms with Crippen LogP contribution < -0.4 is 15.1 Å². The van der Waals surface area contributed by atoms with Gasteiger partial charge in [-0.3, -0.25) is 0 Å². The Balaban J connectivity index is 1.41. The highest BCUT2D eigenvalue weighted by Gasteiger charge is 2.48. The molecule has 0 bridgehead atoms. The van der Waals surface area contributed by atoms with Gasteiger partial charge in [-0.25, -0.2) is 18.9 Å². The average Bonchev–Trinajstić information content (AvgIpc) is 3.38. The Hall–Kier alpha value is -3.55. The van der Waals surface area contributed by atoms with Gasteiger partial charge in [0.05, 0.1) is 5.69 Å². The third kappa shape index (κ3) is 3.46. The molecule has 0 aliphatic carbocycles. The summed E-state index contributed by atoms with van der Waals surface area (Å²) in [7, 11) is 1.93. The zero-order valence-corrected chi connectivity index (χ0v) is 20.7. The van der Waals surface area contributed by atoms with Crippen LogP contribution >= 0.6 is 11.3 Å². The van der Waals surface area contributed by atoms with E-state index in [1.165, 1.54) is 23.5 Å². The average molecular weight is 489 g/mol. The van der Waals surface area contributed by atoms with Gasteiger partial charge in [0, 0.05) is 56.0 Å². The highest BCUT2D eigenvalue weighted by Crippen LogP contribution is 2.41. The van der Waals surface area contributed by atoms with Crippen LogP contribution in [0, 0.1) is 29.5 Å². The minimum Gasteiger partial charge on any atom is -0.355 e. The van der Waals surface area contributed by atoms with Gasteiger partial charge >= 0.3 is 0 Å². The van der Waals surface area contributed by atoms with E-state index in [9.17, 15) is 9.65 Å². The standard InChI is InChI=1S/C25H25FN8S/c1-4-18-21(32(3)24-29-20(19(9-27)35-24)16-5-7-17(26)8-6-16)23-30-22(15(2)10-34(23)31-18)33-13-25(14-33)11-28-12-25/h5-8,10,28H,4,11-14H2,1-3H3. The van der Waals surface area contributed by atoms with Crippen LogP contribution in [0.2, 0.25) is 0 Å². The van der Waals surface area contributed by atoms with E-state index < -0.39 is 0 Å². The molecule has 5 heterocycles. The molecule has 2 fully saturated rings. The van der Waals surface area contributed by atoms with Gasteiger partial charge in [0.15, 0.2) is 10.8 Å². The number of thiazole rings is 1. The fraction of sp³-hybridized carbons (Fsp3) is 0.360. The summed E-state index contributed by atoms with van der Waals surface area (Å²) >= 11 is 1.31. The van der Waals surface area contributed by atoms with E-state index >= 15 is 0 Å². The summed E-state index contributed by atoms with van der Waals surface area (Å²) in [4.78, 5) is 14.7. The molecule has 1 spiro atoms. The lowest BCUT2D eigenvalue weighted by Crippen LogP contribution is -2.71. The number of nitrogens with zero attached hydrogens (tertiary/aromatic N) is 7. The molecule has 0 radical (unpaired) electrons. The summed E-state index contributed by atoms with van der Waals surface area (Å²) in [6, 6.07) is 8.31. The molecular weight excluding hydrogens is 463 g/mol. The highest BCUT2D eigenvalue weighted by atomic mass is 32.1. The lowest BCUT2D eigenvalue weighted by atomic mass is 9.74. The Morgan fingerprint density at radius 2 is 1.97 bits per heavy atom. The molecule has 0 unspecified atom stereocenters. The summed E-state index contributed by atoms with van der Waals surface area (Å²) in [6.07, 6.45) is 2.78. The van der Waals surface area contributed by atoms with E-state index in [0.717, 1.165) is 61.0 Å². The van der Waals surface area contributed by atoms with Crippen LogP contribution in [0.25, 0.3) is 16.9 Å². The second-order valence-electron chi connectivity index (χ2n) is 9.48. The Morgan fingerprint density at radius 3 is 2.60 bits per heavy atom. The molecule has 0 amide bonds. The van der Waals surface area contributed by atoms with E-state index in [1.807, 2.05) is 22.7 Å². The van der Waals surface area contributed by atoms with Crippen LogP contribution in [-0.4, -0.2) is 52.8 Å². The van der Waals surface area contributed by atoms with Crippen molar-refractivity contribution in [3.63, 3.8) is 0 Å². The van der Waals surface area contributed by atoms with E-state index in [0.29, 0.717) is 26.7 Å². The monoisotopic (exact) mass is 488 g/mol. The number of aromatic nitrogens is 4. The number of benzene rings is 1. The van der Waals surface area contributed by atoms with Gasteiger partial charge in [0.2, 0.25) is 0 Å². The van der Waals surface area contributed by atoms with E-state index in [2.05, 4.69) is 30.1 Å². The molecule has 3 aromatic heterocycles. The molecule has 35 heavy (non-hydrogen) atoms. The quantitative estimate of drug-likeness (QED) is 0.456. The molecule has 2 aliphatic rings. The number of fused-ring (bicyclic) bond motifs is 1. The second-order valence-corrected chi connectivity index (χ2v) is 10.5. The Bertz CT molecular complexity index is 1470. The van der Waals surface area contributed by atoms with Crippen molar-refractivity contribution in [3.8, 4) is 17.3 Å². The van der Waals surface area contributed by atoms with Crippen molar-refractivity contribution >= 4 is 33.6 Å². The maximum atomic E-state index is 13.4. The first kappa shape index (κ1) is 21.9. The molecule has 4 aromatic rings. The molecule has 0 atom stereocenters. The summed E-state index contributed by atoms with van der Waals surface area (Å²) in [6.45, 7) is 8.34. The molecule has 10 heteroatoms. The first-order valence-corrected chi connectivity index (χ1v) is 12.5. The molecule has 178 valence electrons. The van der Waals surface area contributed by atoms with Crippen molar-refractivity contribution in [2.45, 2.75) is 20.3 Å². The Labute approximate surface area is 206 Å². The van der Waals surface area contributed by atoms with Crippen molar-refractivity contribution in [2.24, 2.45) is 5.41 Å². The van der Waals surface area contributed by atoms with Gasteiger partial charge in [-0.2, -0.15) is 10.4 Å². The van der Waals surface area contributed by atoms with Crippen molar-refractivity contribution in [1.82, 2.24) is 24.9 Å². The fourth-order valence-corrected chi connectivity index (χ4v) is 5.88. The van der Waals surface area contributed by atoms with Crippen LogP contribution in [0.4, 0.5) is 21.0 Å². The summed E-state index contributed by atoms with van der Waals surface area (Å²) < 4.78 is 15.3. The van der Waals surface area contributed by atoms with Crippen LogP contribution in [0.3, 0.4) is 0 Å². The molecule has 1 N–H and O–H groups in total. The molecule has 2 aliphatic heterocycles. The van der Waals surface area contributed by atoms with Gasteiger partial charge in [-0.15, -0.1) is 0 Å². The van der Waals surface area contributed by atoms with Gasteiger partial charge < -0.3 is 15.1 Å². The highest BCUT2D eigenvalue weighted by molar-refractivity contribution is 7.16. The number of nitriles is 1. The van der Waals surface area contributed by atoms with Crippen LogP contribution in [0.1, 0.15) is 23.1 Å². The number of nitrogens with one attached hydrogen (secondary N) is 1. The van der Waals surface area contributed by atoms with Crippen LogP contribution in [0.15, 0.2) is 30.5 Å². The number of hydrogen-bond donors (Lipinski definition) is 1. The zero-order chi connectivity index (χ0) is 24.3. The Morgan fingerprint density at radius 1 is 1.23 bits per heavy atom. The van der Waals surface area contributed by atoms with Crippen molar-refractivity contribution in [2.75, 3.05) is 43.0 Å². The van der Waals surface area contributed by atoms with Gasteiger partial charge in [-0.05, 0) is 37.6 Å². The molecule has 0 saturated carbocycles. The minimum absolute atomic E-state index is 0.322.